The van der Waals surface area contributed by atoms with Crippen LogP contribution in [-0.4, -0.2) is 19.1 Å². The number of rotatable bonds is 5. The van der Waals surface area contributed by atoms with Crippen molar-refractivity contribution in [3.63, 3.8) is 0 Å². The molecule has 0 aliphatic carbocycles. The van der Waals surface area contributed by atoms with Gasteiger partial charge in [-0.2, -0.15) is 0 Å². The van der Waals surface area contributed by atoms with Crippen LogP contribution in [0, 0.1) is 6.92 Å². The number of aliphatic imine (C=N–C) groups is 1. The average Bonchev–Trinajstić information content (AvgIpc) is 2.24. The Hall–Kier alpha value is -1.42. The first-order valence-corrected chi connectivity index (χ1v) is 5.89. The fourth-order valence-electron chi connectivity index (χ4n) is 1.54. The van der Waals surface area contributed by atoms with Gasteiger partial charge >= 0.3 is 0 Å². The van der Waals surface area contributed by atoms with E-state index in [0.717, 1.165) is 23.3 Å². The molecule has 0 saturated carbocycles. The van der Waals surface area contributed by atoms with E-state index in [1.807, 2.05) is 26.0 Å². The highest BCUT2D eigenvalue weighted by molar-refractivity contribution is 6.32. The largest absolute Gasteiger partial charge is 0.492 e. The molecule has 94 valence electrons. The highest BCUT2D eigenvalue weighted by Gasteiger charge is 2.06. The van der Waals surface area contributed by atoms with Crippen molar-refractivity contribution in [1.82, 2.24) is 0 Å². The standard InChI is InChI=1S/C12H18ClN3O/c1-3-17-11-6-8(2)9(7-10(11)13)4-5-16-12(14)15/h6-7H,3-5H2,1-2H3,(H4,14,15,16). The zero-order valence-electron chi connectivity index (χ0n) is 10.2. The summed E-state index contributed by atoms with van der Waals surface area (Å²) in [6.45, 7) is 5.11. The highest BCUT2D eigenvalue weighted by Crippen LogP contribution is 2.28. The van der Waals surface area contributed by atoms with E-state index in [9.17, 15) is 0 Å². The predicted molar refractivity (Wildman–Crippen MR) is 71.7 cm³/mol. The first-order valence-electron chi connectivity index (χ1n) is 5.51. The van der Waals surface area contributed by atoms with E-state index in [-0.39, 0.29) is 5.96 Å². The van der Waals surface area contributed by atoms with E-state index in [4.69, 9.17) is 27.8 Å². The van der Waals surface area contributed by atoms with Crippen LogP contribution in [0.1, 0.15) is 18.1 Å². The molecule has 0 aliphatic heterocycles. The van der Waals surface area contributed by atoms with Crippen molar-refractivity contribution in [3.8, 4) is 5.75 Å². The minimum Gasteiger partial charge on any atom is -0.492 e. The Morgan fingerprint density at radius 1 is 1.41 bits per heavy atom. The second kappa shape index (κ2) is 6.35. The number of guanidine groups is 1. The van der Waals surface area contributed by atoms with Crippen LogP contribution in [0.2, 0.25) is 5.02 Å². The molecule has 4 N–H and O–H groups in total. The molecule has 1 rings (SSSR count). The maximum atomic E-state index is 6.11. The Kier molecular flexibility index (Phi) is 5.10. The summed E-state index contributed by atoms with van der Waals surface area (Å²) >= 11 is 6.11. The van der Waals surface area contributed by atoms with Gasteiger partial charge < -0.3 is 16.2 Å². The zero-order chi connectivity index (χ0) is 12.8. The summed E-state index contributed by atoms with van der Waals surface area (Å²) in [5.74, 6) is 0.831. The number of halogens is 1. The quantitative estimate of drug-likeness (QED) is 0.623. The molecule has 0 aromatic heterocycles. The summed E-state index contributed by atoms with van der Waals surface area (Å²) in [4.78, 5) is 3.95. The molecule has 17 heavy (non-hydrogen) atoms. The second-order valence-electron chi connectivity index (χ2n) is 3.70. The van der Waals surface area contributed by atoms with Crippen molar-refractivity contribution in [2.24, 2.45) is 16.5 Å². The highest BCUT2D eigenvalue weighted by atomic mass is 35.5. The lowest BCUT2D eigenvalue weighted by Crippen LogP contribution is -2.23. The van der Waals surface area contributed by atoms with Gasteiger partial charge in [0, 0.05) is 6.54 Å². The van der Waals surface area contributed by atoms with Crippen molar-refractivity contribution < 1.29 is 4.74 Å². The molecule has 0 atom stereocenters. The van der Waals surface area contributed by atoms with Gasteiger partial charge in [-0.1, -0.05) is 11.6 Å². The van der Waals surface area contributed by atoms with Crippen LogP contribution in [-0.2, 0) is 6.42 Å². The van der Waals surface area contributed by atoms with E-state index in [1.165, 1.54) is 0 Å². The Bertz CT molecular complexity index is 414. The first kappa shape index (κ1) is 13.6. The van der Waals surface area contributed by atoms with Crippen LogP contribution in [0.3, 0.4) is 0 Å². The van der Waals surface area contributed by atoms with Crippen LogP contribution < -0.4 is 16.2 Å². The summed E-state index contributed by atoms with van der Waals surface area (Å²) in [5, 5.41) is 0.622. The van der Waals surface area contributed by atoms with E-state index in [2.05, 4.69) is 4.99 Å². The van der Waals surface area contributed by atoms with Gasteiger partial charge in [0.1, 0.15) is 5.75 Å². The van der Waals surface area contributed by atoms with Crippen LogP contribution in [0.25, 0.3) is 0 Å². The monoisotopic (exact) mass is 255 g/mol. The number of benzene rings is 1. The molecule has 0 saturated heterocycles. The molecule has 0 fully saturated rings. The van der Waals surface area contributed by atoms with Gasteiger partial charge in [-0.25, -0.2) is 0 Å². The van der Waals surface area contributed by atoms with Crippen molar-refractivity contribution in [3.05, 3.63) is 28.3 Å². The molecule has 0 bridgehead atoms. The lowest BCUT2D eigenvalue weighted by atomic mass is 10.1. The van der Waals surface area contributed by atoms with E-state index in [1.54, 1.807) is 0 Å². The Morgan fingerprint density at radius 2 is 2.12 bits per heavy atom. The van der Waals surface area contributed by atoms with Gasteiger partial charge in [0.05, 0.1) is 11.6 Å². The molecular formula is C12H18ClN3O. The number of hydrogen-bond acceptors (Lipinski definition) is 2. The summed E-state index contributed by atoms with van der Waals surface area (Å²) in [6, 6.07) is 3.85. The minimum absolute atomic E-state index is 0.111. The van der Waals surface area contributed by atoms with Crippen molar-refractivity contribution in [2.75, 3.05) is 13.2 Å². The second-order valence-corrected chi connectivity index (χ2v) is 4.11. The van der Waals surface area contributed by atoms with Crippen molar-refractivity contribution in [1.29, 1.82) is 0 Å². The molecule has 0 amide bonds. The molecule has 1 aromatic rings. The normalized spacial score (nSPS) is 10.1. The molecule has 0 spiro atoms. The molecule has 0 heterocycles. The SMILES string of the molecule is CCOc1cc(C)c(CCN=C(N)N)cc1Cl. The summed E-state index contributed by atoms with van der Waals surface area (Å²) < 4.78 is 5.42. The van der Waals surface area contributed by atoms with E-state index < -0.39 is 0 Å². The first-order chi connectivity index (χ1) is 8.04. The Morgan fingerprint density at radius 3 is 2.71 bits per heavy atom. The molecule has 1 aromatic carbocycles. The third-order valence-corrected chi connectivity index (χ3v) is 2.66. The van der Waals surface area contributed by atoms with Crippen LogP contribution in [0.15, 0.2) is 17.1 Å². The van der Waals surface area contributed by atoms with Crippen LogP contribution >= 0.6 is 11.6 Å². The Balaban J connectivity index is 2.80. The number of nitrogens with zero attached hydrogens (tertiary/aromatic N) is 1. The van der Waals surface area contributed by atoms with Gasteiger partial charge in [-0.05, 0) is 43.5 Å². The Labute approximate surface area is 107 Å². The zero-order valence-corrected chi connectivity index (χ0v) is 10.9. The molecule has 5 heteroatoms. The number of ether oxygens (including phenoxy) is 1. The lowest BCUT2D eigenvalue weighted by Gasteiger charge is -2.10. The van der Waals surface area contributed by atoms with E-state index >= 15 is 0 Å². The van der Waals surface area contributed by atoms with Crippen molar-refractivity contribution in [2.45, 2.75) is 20.3 Å². The molecule has 4 nitrogen and oxygen atoms in total. The summed E-state index contributed by atoms with van der Waals surface area (Å²) in [5.41, 5.74) is 12.8. The number of nitrogens with two attached hydrogens (primary N) is 2. The third kappa shape index (κ3) is 4.15. The number of hydrogen-bond donors (Lipinski definition) is 2. The van der Waals surface area contributed by atoms with Gasteiger partial charge in [-0.15, -0.1) is 0 Å². The van der Waals surface area contributed by atoms with Gasteiger partial charge in [0.25, 0.3) is 0 Å². The fraction of sp³-hybridized carbons (Fsp3) is 0.417. The van der Waals surface area contributed by atoms with Gasteiger partial charge in [-0.3, -0.25) is 4.99 Å². The van der Waals surface area contributed by atoms with Crippen molar-refractivity contribution >= 4 is 17.6 Å². The number of aryl methyl sites for hydroxylation is 1. The maximum absolute atomic E-state index is 6.11. The molecule has 0 radical (unpaired) electrons. The minimum atomic E-state index is 0.111. The smallest absolute Gasteiger partial charge is 0.185 e. The maximum Gasteiger partial charge on any atom is 0.185 e. The van der Waals surface area contributed by atoms with Gasteiger partial charge in [0.2, 0.25) is 0 Å². The fourth-order valence-corrected chi connectivity index (χ4v) is 1.78. The molecule has 0 unspecified atom stereocenters. The lowest BCUT2D eigenvalue weighted by molar-refractivity contribution is 0.340. The van der Waals surface area contributed by atoms with Crippen LogP contribution in [0.4, 0.5) is 0 Å². The topological polar surface area (TPSA) is 73.6 Å². The summed E-state index contributed by atoms with van der Waals surface area (Å²) in [6.07, 6.45) is 0.760. The summed E-state index contributed by atoms with van der Waals surface area (Å²) in [7, 11) is 0. The van der Waals surface area contributed by atoms with Gasteiger partial charge in [0.15, 0.2) is 5.96 Å². The predicted octanol–water partition coefficient (Wildman–Crippen LogP) is 1.86. The third-order valence-electron chi connectivity index (χ3n) is 2.37. The molecule has 0 aliphatic rings. The average molecular weight is 256 g/mol. The van der Waals surface area contributed by atoms with Crippen LogP contribution in [0.5, 0.6) is 5.75 Å². The molecular weight excluding hydrogens is 238 g/mol. The van der Waals surface area contributed by atoms with E-state index in [0.29, 0.717) is 18.2 Å².